The number of aromatic amines is 1. The molecule has 0 spiro atoms. The maximum Gasteiger partial charge on any atom is 0.0460 e. The fourth-order valence-electron chi connectivity index (χ4n) is 2.13. The molecule has 2 heterocycles. The summed E-state index contributed by atoms with van der Waals surface area (Å²) in [5, 5.41) is 4.86. The molecule has 2 nitrogen and oxygen atoms in total. The molecular formula is C11H12N2. The molecule has 3 rings (SSSR count). The first-order valence-corrected chi connectivity index (χ1v) is 4.74. The fourth-order valence-corrected chi connectivity index (χ4v) is 2.13. The monoisotopic (exact) mass is 172 g/mol. The molecule has 2 aromatic rings. The topological polar surface area (TPSA) is 27.8 Å². The highest BCUT2D eigenvalue weighted by Crippen LogP contribution is 2.24. The number of hydrogen-bond acceptors (Lipinski definition) is 1. The second-order valence-electron chi connectivity index (χ2n) is 3.58. The lowest BCUT2D eigenvalue weighted by molar-refractivity contribution is 0.702. The third-order valence-electron chi connectivity index (χ3n) is 2.76. The first-order valence-electron chi connectivity index (χ1n) is 4.74. The Kier molecular flexibility index (Phi) is 1.43. The Balaban J connectivity index is 2.40. The quantitative estimate of drug-likeness (QED) is 0.623. The van der Waals surface area contributed by atoms with Crippen molar-refractivity contribution in [2.24, 2.45) is 0 Å². The van der Waals surface area contributed by atoms with Crippen LogP contribution in [0.15, 0.2) is 24.4 Å². The van der Waals surface area contributed by atoms with Crippen molar-refractivity contribution >= 4 is 10.9 Å². The molecule has 0 unspecified atom stereocenters. The molecule has 0 amide bonds. The summed E-state index contributed by atoms with van der Waals surface area (Å²) in [7, 11) is 0. The zero-order valence-electron chi connectivity index (χ0n) is 7.43. The number of nitrogens with one attached hydrogen (secondary N) is 2. The molecule has 0 radical (unpaired) electrons. The lowest BCUT2D eigenvalue weighted by Gasteiger charge is -2.00. The summed E-state index contributed by atoms with van der Waals surface area (Å²) in [6.45, 7) is 2.09. The second kappa shape index (κ2) is 2.60. The molecule has 66 valence electrons. The van der Waals surface area contributed by atoms with Crippen molar-refractivity contribution in [3.8, 4) is 0 Å². The molecule has 13 heavy (non-hydrogen) atoms. The molecule has 2 N–H and O–H groups in total. The van der Waals surface area contributed by atoms with Gasteiger partial charge in [0.15, 0.2) is 0 Å². The Morgan fingerprint density at radius 3 is 3.15 bits per heavy atom. The Morgan fingerprint density at radius 2 is 2.15 bits per heavy atom. The van der Waals surface area contributed by atoms with E-state index in [9.17, 15) is 0 Å². The van der Waals surface area contributed by atoms with E-state index in [1.165, 1.54) is 22.0 Å². The first kappa shape index (κ1) is 7.15. The normalized spacial score (nSPS) is 16.0. The Labute approximate surface area is 77.0 Å². The van der Waals surface area contributed by atoms with Gasteiger partial charge < -0.3 is 10.3 Å². The van der Waals surface area contributed by atoms with Crippen molar-refractivity contribution in [3.05, 3.63) is 35.5 Å². The van der Waals surface area contributed by atoms with Crippen LogP contribution in [0.1, 0.15) is 11.1 Å². The highest BCUT2D eigenvalue weighted by molar-refractivity contribution is 5.86. The Hall–Kier alpha value is -1.28. The van der Waals surface area contributed by atoms with Gasteiger partial charge in [0, 0.05) is 23.6 Å². The van der Waals surface area contributed by atoms with Crippen LogP contribution in [0.5, 0.6) is 0 Å². The lowest BCUT2D eigenvalue weighted by atomic mass is 10.1. The van der Waals surface area contributed by atoms with Gasteiger partial charge >= 0.3 is 0 Å². The van der Waals surface area contributed by atoms with Crippen LogP contribution in [-0.2, 0) is 13.0 Å². The van der Waals surface area contributed by atoms with Crippen molar-refractivity contribution in [2.45, 2.75) is 13.0 Å². The molecule has 0 atom stereocenters. The predicted octanol–water partition coefficient (Wildman–Crippen LogP) is 1.81. The van der Waals surface area contributed by atoms with Crippen LogP contribution < -0.4 is 5.32 Å². The van der Waals surface area contributed by atoms with Gasteiger partial charge in [-0.2, -0.15) is 0 Å². The maximum absolute atomic E-state index is 3.43. The molecule has 0 saturated heterocycles. The van der Waals surface area contributed by atoms with Gasteiger partial charge in [0.05, 0.1) is 0 Å². The summed E-state index contributed by atoms with van der Waals surface area (Å²) >= 11 is 0. The van der Waals surface area contributed by atoms with Gasteiger partial charge in [0.2, 0.25) is 0 Å². The van der Waals surface area contributed by atoms with Gasteiger partial charge in [-0.25, -0.2) is 0 Å². The van der Waals surface area contributed by atoms with Crippen molar-refractivity contribution in [1.29, 1.82) is 0 Å². The molecule has 0 fully saturated rings. The second-order valence-corrected chi connectivity index (χ2v) is 3.58. The number of hydrogen-bond donors (Lipinski definition) is 2. The molecular weight excluding hydrogens is 160 g/mol. The SMILES string of the molecule is c1cc2c3c(c[nH]c3c1)CCNC2. The predicted molar refractivity (Wildman–Crippen MR) is 53.7 cm³/mol. The Morgan fingerprint density at radius 1 is 1.15 bits per heavy atom. The van der Waals surface area contributed by atoms with E-state index in [0.29, 0.717) is 0 Å². The van der Waals surface area contributed by atoms with Crippen LogP contribution in [0.4, 0.5) is 0 Å². The van der Waals surface area contributed by atoms with Gasteiger partial charge in [-0.1, -0.05) is 12.1 Å². The van der Waals surface area contributed by atoms with Crippen molar-refractivity contribution < 1.29 is 0 Å². The van der Waals surface area contributed by atoms with E-state index in [1.54, 1.807) is 0 Å². The fraction of sp³-hybridized carbons (Fsp3) is 0.273. The average Bonchev–Trinajstić information content (AvgIpc) is 2.44. The van der Waals surface area contributed by atoms with E-state index in [-0.39, 0.29) is 0 Å². The largest absolute Gasteiger partial charge is 0.361 e. The minimum Gasteiger partial charge on any atom is -0.361 e. The van der Waals surface area contributed by atoms with E-state index >= 15 is 0 Å². The summed E-state index contributed by atoms with van der Waals surface area (Å²) in [5.74, 6) is 0. The summed E-state index contributed by atoms with van der Waals surface area (Å²) in [4.78, 5) is 3.32. The molecule has 1 aromatic carbocycles. The molecule has 0 aliphatic carbocycles. The van der Waals surface area contributed by atoms with E-state index in [4.69, 9.17) is 0 Å². The van der Waals surface area contributed by atoms with Gasteiger partial charge in [0.25, 0.3) is 0 Å². The maximum atomic E-state index is 3.43. The standard InChI is InChI=1S/C11H12N2/c1-2-8-6-12-5-4-9-7-13-10(3-1)11(8)9/h1-3,7,12-13H,4-6H2. The average molecular weight is 172 g/mol. The molecule has 1 aliphatic rings. The van der Waals surface area contributed by atoms with Crippen LogP contribution in [0.25, 0.3) is 10.9 Å². The van der Waals surface area contributed by atoms with Crippen molar-refractivity contribution in [2.75, 3.05) is 6.54 Å². The van der Waals surface area contributed by atoms with Gasteiger partial charge in [-0.05, 0) is 30.2 Å². The summed E-state index contributed by atoms with van der Waals surface area (Å²) in [6, 6.07) is 6.47. The van der Waals surface area contributed by atoms with Gasteiger partial charge in [0.1, 0.15) is 0 Å². The molecule has 1 aliphatic heterocycles. The summed E-state index contributed by atoms with van der Waals surface area (Å²) < 4.78 is 0. The third kappa shape index (κ3) is 0.988. The number of benzene rings is 1. The zero-order valence-corrected chi connectivity index (χ0v) is 7.43. The van der Waals surface area contributed by atoms with Crippen molar-refractivity contribution in [1.82, 2.24) is 10.3 Å². The first-order chi connectivity index (χ1) is 6.45. The zero-order chi connectivity index (χ0) is 8.67. The molecule has 0 bridgehead atoms. The lowest BCUT2D eigenvalue weighted by Crippen LogP contribution is -2.13. The summed E-state index contributed by atoms with van der Waals surface area (Å²) in [6.07, 6.45) is 3.28. The van der Waals surface area contributed by atoms with E-state index in [1.807, 2.05) is 0 Å². The highest BCUT2D eigenvalue weighted by Gasteiger charge is 2.10. The van der Waals surface area contributed by atoms with Crippen LogP contribution in [0, 0.1) is 0 Å². The molecule has 0 saturated carbocycles. The van der Waals surface area contributed by atoms with Crippen LogP contribution in [0.3, 0.4) is 0 Å². The highest BCUT2D eigenvalue weighted by atomic mass is 14.9. The van der Waals surface area contributed by atoms with Gasteiger partial charge in [-0.3, -0.25) is 0 Å². The number of H-pyrrole nitrogens is 1. The van der Waals surface area contributed by atoms with E-state index in [0.717, 1.165) is 19.5 Å². The van der Waals surface area contributed by atoms with Crippen LogP contribution in [0.2, 0.25) is 0 Å². The summed E-state index contributed by atoms with van der Waals surface area (Å²) in [5.41, 5.74) is 4.15. The smallest absolute Gasteiger partial charge is 0.0460 e. The van der Waals surface area contributed by atoms with E-state index < -0.39 is 0 Å². The van der Waals surface area contributed by atoms with Crippen LogP contribution >= 0.6 is 0 Å². The van der Waals surface area contributed by atoms with E-state index in [2.05, 4.69) is 34.7 Å². The minimum absolute atomic E-state index is 1.00. The third-order valence-corrected chi connectivity index (χ3v) is 2.76. The molecule has 1 aromatic heterocycles. The Bertz CT molecular complexity index is 442. The van der Waals surface area contributed by atoms with Crippen LogP contribution in [-0.4, -0.2) is 11.5 Å². The van der Waals surface area contributed by atoms with Gasteiger partial charge in [-0.15, -0.1) is 0 Å². The van der Waals surface area contributed by atoms with Crippen molar-refractivity contribution in [3.63, 3.8) is 0 Å². The molecule has 2 heteroatoms. The number of rotatable bonds is 0. The minimum atomic E-state index is 1.00. The number of aromatic nitrogens is 1.